The van der Waals surface area contributed by atoms with Gasteiger partial charge in [-0.1, -0.05) is 46.4 Å². The molecule has 0 fully saturated rings. The molecule has 0 bridgehead atoms. The maximum atomic E-state index is 13.8. The lowest BCUT2D eigenvalue weighted by atomic mass is 9.74. The van der Waals surface area contributed by atoms with Gasteiger partial charge in [0.25, 0.3) is 0 Å². The highest BCUT2D eigenvalue weighted by atomic mass is 19.1. The fraction of sp³-hybridized carbons (Fsp3) is 0.500. The summed E-state index contributed by atoms with van der Waals surface area (Å²) < 4.78 is 13.8. The van der Waals surface area contributed by atoms with Gasteiger partial charge in [0.15, 0.2) is 11.6 Å². The smallest absolute Gasteiger partial charge is 0.165 e. The lowest BCUT2D eigenvalue weighted by molar-refractivity contribution is 0.605. The Balaban J connectivity index is 0.000000514. The molecule has 0 aliphatic rings. The molecule has 0 atom stereocenters. The lowest BCUT2D eigenvalue weighted by Gasteiger charge is -2.23. The maximum Gasteiger partial charge on any atom is 0.165 e. The highest BCUT2D eigenvalue weighted by molar-refractivity contribution is 6.51. The maximum absolute atomic E-state index is 13.8. The number of nitrogens with two attached hydrogens (primary N) is 1. The van der Waals surface area contributed by atoms with Crippen molar-refractivity contribution in [1.29, 1.82) is 5.41 Å². The molecule has 0 unspecified atom stereocenters. The fourth-order valence-corrected chi connectivity index (χ4v) is 2.43. The number of anilines is 2. The van der Waals surface area contributed by atoms with Crippen LogP contribution in [0.4, 0.5) is 15.9 Å². The number of nitrogens with one attached hydrogen (secondary N) is 1. The van der Waals surface area contributed by atoms with Crippen LogP contribution in [0.3, 0.4) is 0 Å². The molecule has 0 aliphatic carbocycles. The van der Waals surface area contributed by atoms with Crippen LogP contribution < -0.4 is 16.1 Å². The minimum Gasteiger partial charge on any atom is -0.397 e. The van der Waals surface area contributed by atoms with Crippen molar-refractivity contribution < 1.29 is 4.39 Å². The van der Waals surface area contributed by atoms with Gasteiger partial charge < -0.3 is 16.0 Å². The quantitative estimate of drug-likeness (QED) is 0.522. The largest absolute Gasteiger partial charge is 0.397 e. The number of hydrogen-bond donors (Lipinski definition) is 2. The molecule has 29 heavy (non-hydrogen) atoms. The summed E-state index contributed by atoms with van der Waals surface area (Å²) in [6, 6.07) is 5.03. The highest BCUT2D eigenvalue weighted by Gasteiger charge is 2.12. The molecule has 5 nitrogen and oxygen atoms in total. The van der Waals surface area contributed by atoms with Crippen molar-refractivity contribution in [3.8, 4) is 0 Å². The van der Waals surface area contributed by atoms with Gasteiger partial charge in [0.1, 0.15) is 13.0 Å². The van der Waals surface area contributed by atoms with Crippen molar-refractivity contribution in [2.75, 3.05) is 23.7 Å². The van der Waals surface area contributed by atoms with Crippen molar-refractivity contribution in [3.63, 3.8) is 0 Å². The van der Waals surface area contributed by atoms with E-state index in [-0.39, 0.29) is 5.82 Å². The second-order valence-corrected chi connectivity index (χ2v) is 6.62. The number of hydrogen-bond acceptors (Lipinski definition) is 5. The molecule has 3 N–H and O–H groups in total. The Morgan fingerprint density at radius 3 is 2.14 bits per heavy atom. The summed E-state index contributed by atoms with van der Waals surface area (Å²) in [5.74, 6) is 0.256. The van der Waals surface area contributed by atoms with Crippen molar-refractivity contribution in [2.45, 2.75) is 60.7 Å². The third-order valence-electron chi connectivity index (χ3n) is 3.66. The number of halogens is 1. The second-order valence-electron chi connectivity index (χ2n) is 6.62. The summed E-state index contributed by atoms with van der Waals surface area (Å²) in [6.45, 7) is 13.7. The number of pyridine rings is 2. The zero-order chi connectivity index (χ0) is 22.2. The molecule has 0 aliphatic heterocycles. The van der Waals surface area contributed by atoms with Gasteiger partial charge in [-0.3, -0.25) is 4.98 Å². The average Bonchev–Trinajstić information content (AvgIpc) is 2.69. The van der Waals surface area contributed by atoms with Gasteiger partial charge in [0.2, 0.25) is 0 Å². The summed E-state index contributed by atoms with van der Waals surface area (Å²) in [5, 5.41) is 7.23. The van der Waals surface area contributed by atoms with Crippen LogP contribution >= 0.6 is 0 Å². The Morgan fingerprint density at radius 2 is 1.76 bits per heavy atom. The van der Waals surface area contributed by atoms with E-state index in [0.717, 1.165) is 31.4 Å². The minimum atomic E-state index is -0.225. The van der Waals surface area contributed by atoms with Crippen LogP contribution in [0.2, 0.25) is 6.82 Å². The zero-order valence-electron chi connectivity index (χ0n) is 18.8. The van der Waals surface area contributed by atoms with Gasteiger partial charge in [0, 0.05) is 25.5 Å². The molecule has 0 saturated heterocycles. The average molecular weight is 400 g/mol. The molecular weight excluding hydrogens is 364 g/mol. The second kappa shape index (κ2) is 15.5. The molecule has 0 saturated carbocycles. The molecule has 2 heterocycles. The number of nitrogens with zero attached hydrogens (tertiary/aromatic N) is 3. The third kappa shape index (κ3) is 10.1. The van der Waals surface area contributed by atoms with E-state index in [0.29, 0.717) is 22.9 Å². The Kier molecular flexibility index (Phi) is 14.2. The van der Waals surface area contributed by atoms with Crippen molar-refractivity contribution in [3.05, 3.63) is 42.1 Å². The summed E-state index contributed by atoms with van der Waals surface area (Å²) in [7, 11) is 1.85. The third-order valence-corrected chi connectivity index (χ3v) is 3.66. The van der Waals surface area contributed by atoms with Crippen LogP contribution in [-0.4, -0.2) is 36.0 Å². The van der Waals surface area contributed by atoms with Crippen molar-refractivity contribution >= 4 is 30.0 Å². The van der Waals surface area contributed by atoms with E-state index < -0.39 is 0 Å². The minimum absolute atomic E-state index is 0.225. The first-order valence-corrected chi connectivity index (χ1v) is 10.3. The molecular formula is C22H36BFN5. The number of aromatic nitrogens is 2. The van der Waals surface area contributed by atoms with Gasteiger partial charge in [-0.2, -0.15) is 0 Å². The number of rotatable bonds is 7. The molecule has 0 spiro atoms. The van der Waals surface area contributed by atoms with Gasteiger partial charge in [-0.15, -0.1) is 0 Å². The summed E-state index contributed by atoms with van der Waals surface area (Å²) in [4.78, 5) is 10.1. The van der Waals surface area contributed by atoms with E-state index in [1.807, 2.05) is 19.0 Å². The Hall–Kier alpha value is -2.44. The van der Waals surface area contributed by atoms with E-state index in [4.69, 9.17) is 11.1 Å². The predicted octanol–water partition coefficient (Wildman–Crippen LogP) is 4.69. The van der Waals surface area contributed by atoms with Crippen LogP contribution in [-0.2, 0) is 0 Å². The first-order chi connectivity index (χ1) is 13.9. The Morgan fingerprint density at radius 1 is 1.17 bits per heavy atom. The van der Waals surface area contributed by atoms with E-state index in [9.17, 15) is 4.39 Å². The van der Waals surface area contributed by atoms with E-state index in [1.165, 1.54) is 6.42 Å². The fourth-order valence-electron chi connectivity index (χ4n) is 2.43. The van der Waals surface area contributed by atoms with E-state index >= 15 is 0 Å². The SMILES string of the molecule is CC(=N)c1ncccc1N.CCC.C[B]c1cnc(N(CCC)CCC)c(F)c1. The van der Waals surface area contributed by atoms with Crippen LogP contribution in [0.1, 0.15) is 59.6 Å². The van der Waals surface area contributed by atoms with Gasteiger partial charge in [-0.25, -0.2) is 9.37 Å². The highest BCUT2D eigenvalue weighted by Crippen LogP contribution is 2.15. The normalized spacial score (nSPS) is 9.48. The lowest BCUT2D eigenvalue weighted by Crippen LogP contribution is -2.28. The molecule has 2 aromatic heterocycles. The van der Waals surface area contributed by atoms with Crippen molar-refractivity contribution in [2.24, 2.45) is 0 Å². The first-order valence-electron chi connectivity index (χ1n) is 10.3. The monoisotopic (exact) mass is 400 g/mol. The van der Waals surface area contributed by atoms with E-state index in [1.54, 1.807) is 37.5 Å². The summed E-state index contributed by atoms with van der Waals surface area (Å²) in [6.07, 6.45) is 6.60. The van der Waals surface area contributed by atoms with Gasteiger partial charge in [0.05, 0.1) is 11.4 Å². The summed E-state index contributed by atoms with van der Waals surface area (Å²) in [5.41, 5.74) is 7.88. The standard InChI is InChI=1S/C12H19BFN2.C7H9N3.C3H8/c1-4-6-16(7-5-2)12-11(14)8-10(13-3)9-15-12;1-5(8)7-6(9)3-2-4-10-7;1-3-2/h8-9H,4-7H2,1-3H3;2-4,8H,9H2,1H3;3H2,1-2H3. The first kappa shape index (κ1) is 26.6. The number of nitrogen functional groups attached to an aromatic ring is 1. The Labute approximate surface area is 176 Å². The molecule has 2 aromatic rings. The van der Waals surface area contributed by atoms with Gasteiger partial charge >= 0.3 is 0 Å². The van der Waals surface area contributed by atoms with E-state index in [2.05, 4.69) is 37.7 Å². The van der Waals surface area contributed by atoms with Crippen LogP contribution in [0.15, 0.2) is 30.6 Å². The molecule has 0 amide bonds. The van der Waals surface area contributed by atoms with Gasteiger partial charge in [-0.05, 0) is 38.0 Å². The summed E-state index contributed by atoms with van der Waals surface area (Å²) >= 11 is 0. The van der Waals surface area contributed by atoms with Crippen LogP contribution in [0.25, 0.3) is 0 Å². The zero-order valence-corrected chi connectivity index (χ0v) is 18.8. The molecule has 159 valence electrons. The molecule has 1 radical (unpaired) electrons. The molecule has 2 rings (SSSR count). The predicted molar refractivity (Wildman–Crippen MR) is 125 cm³/mol. The Bertz CT molecular complexity index is 718. The molecule has 0 aromatic carbocycles. The van der Waals surface area contributed by atoms with Crippen molar-refractivity contribution in [1.82, 2.24) is 9.97 Å². The van der Waals surface area contributed by atoms with Crippen LogP contribution in [0.5, 0.6) is 0 Å². The topological polar surface area (TPSA) is 78.9 Å². The van der Waals surface area contributed by atoms with Crippen LogP contribution in [0, 0.1) is 11.2 Å². The molecule has 7 heteroatoms.